The lowest BCUT2D eigenvalue weighted by molar-refractivity contribution is -0.117. The molecule has 1 unspecified atom stereocenters. The van der Waals surface area contributed by atoms with Gasteiger partial charge in [-0.05, 0) is 25.2 Å². The Morgan fingerprint density at radius 3 is 2.53 bits per heavy atom. The standard InChI is InChI=1S/C14H25N3OS/c1-4-7-10(8-5-2)12-9-16-14(19-12)17-13(18)11(15)6-3/h9-11H,4-8,15H2,1-3H3,(H,16,17,18). The van der Waals surface area contributed by atoms with Gasteiger partial charge in [-0.25, -0.2) is 4.98 Å². The molecule has 108 valence electrons. The molecule has 0 aromatic carbocycles. The van der Waals surface area contributed by atoms with Crippen molar-refractivity contribution in [2.75, 3.05) is 5.32 Å². The number of amides is 1. The summed E-state index contributed by atoms with van der Waals surface area (Å²) in [7, 11) is 0. The minimum absolute atomic E-state index is 0.147. The summed E-state index contributed by atoms with van der Waals surface area (Å²) in [6.07, 6.45) is 7.23. The maximum absolute atomic E-state index is 11.7. The highest BCUT2D eigenvalue weighted by Gasteiger charge is 2.16. The van der Waals surface area contributed by atoms with Gasteiger partial charge in [-0.3, -0.25) is 4.79 Å². The minimum atomic E-state index is -0.450. The summed E-state index contributed by atoms with van der Waals surface area (Å²) in [5.74, 6) is 0.420. The van der Waals surface area contributed by atoms with E-state index in [4.69, 9.17) is 5.73 Å². The van der Waals surface area contributed by atoms with E-state index in [0.717, 1.165) is 0 Å². The molecule has 3 N–H and O–H groups in total. The highest BCUT2D eigenvalue weighted by molar-refractivity contribution is 7.15. The molecule has 0 bridgehead atoms. The van der Waals surface area contributed by atoms with Gasteiger partial charge in [0.25, 0.3) is 0 Å². The van der Waals surface area contributed by atoms with Gasteiger partial charge < -0.3 is 11.1 Å². The Morgan fingerprint density at radius 2 is 2.00 bits per heavy atom. The van der Waals surface area contributed by atoms with Crippen LogP contribution >= 0.6 is 11.3 Å². The summed E-state index contributed by atoms with van der Waals surface area (Å²) in [5.41, 5.74) is 5.69. The number of hydrogen-bond donors (Lipinski definition) is 2. The fourth-order valence-corrected chi connectivity index (χ4v) is 3.03. The van der Waals surface area contributed by atoms with Gasteiger partial charge in [0.05, 0.1) is 6.04 Å². The molecule has 1 aromatic rings. The van der Waals surface area contributed by atoms with Crippen LogP contribution in [0.2, 0.25) is 0 Å². The molecule has 5 heteroatoms. The number of nitrogens with two attached hydrogens (primary N) is 1. The normalized spacial score (nSPS) is 12.7. The molecule has 0 saturated carbocycles. The van der Waals surface area contributed by atoms with Gasteiger partial charge in [-0.1, -0.05) is 33.6 Å². The maximum atomic E-state index is 11.7. The number of nitrogens with zero attached hydrogens (tertiary/aromatic N) is 1. The lowest BCUT2D eigenvalue weighted by Crippen LogP contribution is -2.34. The third kappa shape index (κ3) is 4.91. The smallest absolute Gasteiger partial charge is 0.243 e. The van der Waals surface area contributed by atoms with Gasteiger partial charge in [0.1, 0.15) is 0 Å². The third-order valence-corrected chi connectivity index (χ3v) is 4.28. The molecule has 1 rings (SSSR count). The maximum Gasteiger partial charge on any atom is 0.243 e. The van der Waals surface area contributed by atoms with E-state index in [1.54, 1.807) is 11.3 Å². The number of anilines is 1. The highest BCUT2D eigenvalue weighted by atomic mass is 32.1. The van der Waals surface area contributed by atoms with Crippen LogP contribution in [-0.2, 0) is 4.79 Å². The van der Waals surface area contributed by atoms with Crippen LogP contribution in [0, 0.1) is 0 Å². The summed E-state index contributed by atoms with van der Waals surface area (Å²) in [4.78, 5) is 17.3. The number of carbonyl (C=O) groups excluding carboxylic acids is 1. The highest BCUT2D eigenvalue weighted by Crippen LogP contribution is 2.32. The van der Waals surface area contributed by atoms with Crippen molar-refractivity contribution in [3.63, 3.8) is 0 Å². The Morgan fingerprint density at radius 1 is 1.37 bits per heavy atom. The second kappa shape index (κ2) is 8.27. The third-order valence-electron chi connectivity index (χ3n) is 3.21. The first-order valence-corrected chi connectivity index (χ1v) is 7.96. The van der Waals surface area contributed by atoms with Gasteiger partial charge in [0.2, 0.25) is 5.91 Å². The molecule has 0 fully saturated rings. The second-order valence-corrected chi connectivity index (χ2v) is 5.91. The number of nitrogens with one attached hydrogen (secondary N) is 1. The molecule has 0 spiro atoms. The molecule has 19 heavy (non-hydrogen) atoms. The lowest BCUT2D eigenvalue weighted by Gasteiger charge is -2.12. The Kier molecular flexibility index (Phi) is 7.02. The predicted octanol–water partition coefficient (Wildman–Crippen LogP) is 3.50. The van der Waals surface area contributed by atoms with Crippen molar-refractivity contribution in [2.24, 2.45) is 5.73 Å². The Balaban J connectivity index is 2.67. The fraction of sp³-hybridized carbons (Fsp3) is 0.714. The molecule has 1 atom stereocenters. The summed E-state index contributed by atoms with van der Waals surface area (Å²) in [5, 5.41) is 3.46. The summed E-state index contributed by atoms with van der Waals surface area (Å²) in [6, 6.07) is -0.450. The summed E-state index contributed by atoms with van der Waals surface area (Å²) >= 11 is 1.58. The molecule has 1 aromatic heterocycles. The summed E-state index contributed by atoms with van der Waals surface area (Å²) in [6.45, 7) is 6.30. The largest absolute Gasteiger partial charge is 0.320 e. The predicted molar refractivity (Wildman–Crippen MR) is 81.6 cm³/mol. The van der Waals surface area contributed by atoms with Crippen LogP contribution in [0.3, 0.4) is 0 Å². The minimum Gasteiger partial charge on any atom is -0.320 e. The van der Waals surface area contributed by atoms with Crippen molar-refractivity contribution >= 4 is 22.4 Å². The average molecular weight is 283 g/mol. The second-order valence-electron chi connectivity index (χ2n) is 4.85. The van der Waals surface area contributed by atoms with Crippen LogP contribution in [0.4, 0.5) is 5.13 Å². The number of carbonyl (C=O) groups is 1. The number of aromatic nitrogens is 1. The molecule has 0 aliphatic rings. The molecule has 0 radical (unpaired) electrons. The number of thiazole rings is 1. The molecule has 4 nitrogen and oxygen atoms in total. The van der Waals surface area contributed by atoms with Gasteiger partial charge in [0, 0.05) is 11.1 Å². The van der Waals surface area contributed by atoms with E-state index in [1.807, 2.05) is 13.1 Å². The van der Waals surface area contributed by atoms with Crippen molar-refractivity contribution in [1.82, 2.24) is 4.98 Å². The van der Waals surface area contributed by atoms with Crippen LogP contribution in [0.25, 0.3) is 0 Å². The van der Waals surface area contributed by atoms with Crippen molar-refractivity contribution in [1.29, 1.82) is 0 Å². The number of rotatable bonds is 8. The van der Waals surface area contributed by atoms with Gasteiger partial charge in [-0.15, -0.1) is 11.3 Å². The quantitative estimate of drug-likeness (QED) is 0.767. The van der Waals surface area contributed by atoms with Crippen LogP contribution in [-0.4, -0.2) is 16.9 Å². The Labute approximate surface area is 119 Å². The molecule has 0 aliphatic carbocycles. The first kappa shape index (κ1) is 16.1. The monoisotopic (exact) mass is 283 g/mol. The van der Waals surface area contributed by atoms with E-state index in [1.165, 1.54) is 30.6 Å². The topological polar surface area (TPSA) is 68.0 Å². The Bertz CT molecular complexity index is 386. The van der Waals surface area contributed by atoms with Crippen LogP contribution in [0.1, 0.15) is 63.7 Å². The van der Waals surface area contributed by atoms with Gasteiger partial charge >= 0.3 is 0 Å². The van der Waals surface area contributed by atoms with Gasteiger partial charge in [0.15, 0.2) is 5.13 Å². The van der Waals surface area contributed by atoms with E-state index < -0.39 is 6.04 Å². The van der Waals surface area contributed by atoms with Crippen molar-refractivity contribution in [3.05, 3.63) is 11.1 Å². The van der Waals surface area contributed by atoms with Crippen molar-refractivity contribution < 1.29 is 4.79 Å². The zero-order chi connectivity index (χ0) is 14.3. The van der Waals surface area contributed by atoms with Crippen LogP contribution < -0.4 is 11.1 Å². The van der Waals surface area contributed by atoms with E-state index in [9.17, 15) is 4.79 Å². The first-order chi connectivity index (χ1) is 9.12. The fourth-order valence-electron chi connectivity index (χ4n) is 2.04. The lowest BCUT2D eigenvalue weighted by atomic mass is 9.97. The molecular weight excluding hydrogens is 258 g/mol. The number of hydrogen-bond acceptors (Lipinski definition) is 4. The van der Waals surface area contributed by atoms with Crippen LogP contribution in [0.15, 0.2) is 6.20 Å². The molecule has 0 saturated heterocycles. The van der Waals surface area contributed by atoms with Crippen molar-refractivity contribution in [3.8, 4) is 0 Å². The van der Waals surface area contributed by atoms with E-state index >= 15 is 0 Å². The SMILES string of the molecule is CCCC(CCC)c1cnc(NC(=O)C(N)CC)s1. The molecular formula is C14H25N3OS. The van der Waals surface area contributed by atoms with Crippen molar-refractivity contribution in [2.45, 2.75) is 64.8 Å². The zero-order valence-electron chi connectivity index (χ0n) is 12.1. The zero-order valence-corrected chi connectivity index (χ0v) is 12.9. The molecule has 1 amide bonds. The molecule has 1 heterocycles. The van der Waals surface area contributed by atoms with E-state index in [0.29, 0.717) is 17.5 Å². The first-order valence-electron chi connectivity index (χ1n) is 7.14. The average Bonchev–Trinajstić information content (AvgIpc) is 2.85. The summed E-state index contributed by atoms with van der Waals surface area (Å²) < 4.78 is 0. The van der Waals surface area contributed by atoms with Gasteiger partial charge in [-0.2, -0.15) is 0 Å². The van der Waals surface area contributed by atoms with E-state index in [2.05, 4.69) is 24.1 Å². The Hall–Kier alpha value is -0.940. The van der Waals surface area contributed by atoms with Crippen LogP contribution in [0.5, 0.6) is 0 Å². The van der Waals surface area contributed by atoms with E-state index in [-0.39, 0.29) is 5.91 Å². The molecule has 0 aliphatic heterocycles.